The van der Waals surface area contributed by atoms with Gasteiger partial charge in [-0.15, -0.1) is 0 Å². The zero-order valence-corrected chi connectivity index (χ0v) is 10.9. The summed E-state index contributed by atoms with van der Waals surface area (Å²) in [5, 5.41) is 11.5. The average Bonchev–Trinajstić information content (AvgIpc) is 2.21. The second-order valence-electron chi connectivity index (χ2n) is 4.63. The number of carbonyl (C=O) groups excluding carboxylic acids is 1. The minimum Gasteiger partial charge on any atom is -0.480 e. The van der Waals surface area contributed by atoms with Gasteiger partial charge in [-0.2, -0.15) is 11.8 Å². The Kier molecular flexibility index (Phi) is 5.27. The number of thioether (sulfide) groups is 1. The first-order valence-corrected chi connectivity index (χ1v) is 7.16. The molecule has 1 saturated carbocycles. The lowest BCUT2D eigenvalue weighted by Gasteiger charge is -2.37. The van der Waals surface area contributed by atoms with E-state index in [0.29, 0.717) is 12.2 Å². The molecule has 0 heterocycles. The largest absolute Gasteiger partial charge is 0.480 e. The van der Waals surface area contributed by atoms with Gasteiger partial charge in [-0.1, -0.05) is 0 Å². The van der Waals surface area contributed by atoms with Gasteiger partial charge in [0.2, 0.25) is 5.91 Å². The van der Waals surface area contributed by atoms with Gasteiger partial charge in [-0.25, -0.2) is 4.79 Å². The topological polar surface area (TPSA) is 92.4 Å². The molecule has 98 valence electrons. The molecule has 0 unspecified atom stereocenters. The van der Waals surface area contributed by atoms with Crippen LogP contribution in [0.2, 0.25) is 0 Å². The summed E-state index contributed by atoms with van der Waals surface area (Å²) in [6.45, 7) is 0. The van der Waals surface area contributed by atoms with Crippen molar-refractivity contribution in [2.24, 2.45) is 5.73 Å². The van der Waals surface area contributed by atoms with Crippen LogP contribution in [-0.4, -0.2) is 40.6 Å². The molecule has 5 nitrogen and oxygen atoms in total. The van der Waals surface area contributed by atoms with E-state index in [1.807, 2.05) is 6.26 Å². The van der Waals surface area contributed by atoms with Crippen molar-refractivity contribution in [2.45, 2.75) is 43.7 Å². The van der Waals surface area contributed by atoms with E-state index in [1.54, 1.807) is 11.8 Å². The Bertz CT molecular complexity index is 292. The van der Waals surface area contributed by atoms with Crippen molar-refractivity contribution in [1.82, 2.24) is 5.32 Å². The lowest BCUT2D eigenvalue weighted by molar-refractivity contribution is -0.142. The number of hydrogen-bond acceptors (Lipinski definition) is 4. The molecule has 0 saturated heterocycles. The van der Waals surface area contributed by atoms with Crippen molar-refractivity contribution in [3.8, 4) is 0 Å². The second-order valence-corrected chi connectivity index (χ2v) is 5.62. The molecule has 1 aliphatic rings. The molecule has 6 heteroatoms. The van der Waals surface area contributed by atoms with Crippen LogP contribution in [0, 0.1) is 0 Å². The lowest BCUT2D eigenvalue weighted by Crippen LogP contribution is -2.52. The van der Waals surface area contributed by atoms with Gasteiger partial charge in [0.25, 0.3) is 0 Å². The molecule has 1 atom stereocenters. The number of amides is 1. The average molecular weight is 260 g/mol. The normalized spacial score (nSPS) is 19.2. The molecule has 0 spiro atoms. The highest BCUT2D eigenvalue weighted by atomic mass is 32.2. The van der Waals surface area contributed by atoms with Crippen LogP contribution in [0.1, 0.15) is 32.1 Å². The zero-order chi connectivity index (χ0) is 12.9. The van der Waals surface area contributed by atoms with Gasteiger partial charge < -0.3 is 16.2 Å². The molecule has 0 radical (unpaired) electrons. The van der Waals surface area contributed by atoms with Crippen LogP contribution in [0.5, 0.6) is 0 Å². The summed E-state index contributed by atoms with van der Waals surface area (Å²) in [7, 11) is 0. The Hall–Kier alpha value is -0.750. The Morgan fingerprint density at radius 3 is 2.59 bits per heavy atom. The van der Waals surface area contributed by atoms with Crippen LogP contribution in [0.4, 0.5) is 0 Å². The number of rotatable bonds is 7. The first kappa shape index (κ1) is 14.3. The number of carboxylic acids is 1. The molecule has 0 aliphatic heterocycles. The van der Waals surface area contributed by atoms with Gasteiger partial charge in [0, 0.05) is 12.0 Å². The molecular formula is C11H20N2O3S. The van der Waals surface area contributed by atoms with Crippen LogP contribution < -0.4 is 11.1 Å². The maximum Gasteiger partial charge on any atom is 0.326 e. The van der Waals surface area contributed by atoms with E-state index in [0.717, 1.165) is 19.3 Å². The van der Waals surface area contributed by atoms with Gasteiger partial charge in [-0.05, 0) is 37.7 Å². The summed E-state index contributed by atoms with van der Waals surface area (Å²) >= 11 is 1.56. The maximum absolute atomic E-state index is 11.7. The Morgan fingerprint density at radius 1 is 1.53 bits per heavy atom. The third-order valence-electron chi connectivity index (χ3n) is 3.11. The molecule has 17 heavy (non-hydrogen) atoms. The highest BCUT2D eigenvalue weighted by molar-refractivity contribution is 7.98. The standard InChI is InChI=1S/C11H20N2O3S/c1-17-6-3-8(10(15)16)13-9(14)7-11(12)4-2-5-11/h8H,2-7,12H2,1H3,(H,13,14)(H,15,16)/t8-/m1/s1. The summed E-state index contributed by atoms with van der Waals surface area (Å²) < 4.78 is 0. The molecule has 4 N–H and O–H groups in total. The minimum absolute atomic E-state index is 0.232. The Balaban J connectivity index is 2.37. The van der Waals surface area contributed by atoms with Crippen LogP contribution in [0.25, 0.3) is 0 Å². The summed E-state index contributed by atoms with van der Waals surface area (Å²) in [6.07, 6.45) is 5.34. The van der Waals surface area contributed by atoms with E-state index in [9.17, 15) is 9.59 Å². The Morgan fingerprint density at radius 2 is 2.18 bits per heavy atom. The monoisotopic (exact) mass is 260 g/mol. The first-order chi connectivity index (χ1) is 7.97. The van der Waals surface area contributed by atoms with Crippen LogP contribution in [-0.2, 0) is 9.59 Å². The van der Waals surface area contributed by atoms with Gasteiger partial charge in [0.1, 0.15) is 6.04 Å². The van der Waals surface area contributed by atoms with Gasteiger partial charge in [0.05, 0.1) is 0 Å². The van der Waals surface area contributed by atoms with Crippen molar-refractivity contribution in [3.05, 3.63) is 0 Å². The smallest absolute Gasteiger partial charge is 0.326 e. The SMILES string of the molecule is CSCC[C@@H](NC(=O)CC1(N)CCC1)C(=O)O. The highest BCUT2D eigenvalue weighted by Gasteiger charge is 2.35. The zero-order valence-electron chi connectivity index (χ0n) is 10.1. The molecule has 1 amide bonds. The molecule has 0 aromatic rings. The summed E-state index contributed by atoms with van der Waals surface area (Å²) in [4.78, 5) is 22.6. The third-order valence-corrected chi connectivity index (χ3v) is 3.75. The first-order valence-electron chi connectivity index (χ1n) is 5.77. The molecule has 0 aromatic carbocycles. The summed E-state index contributed by atoms with van der Waals surface area (Å²) in [5.41, 5.74) is 5.55. The predicted molar refractivity (Wildman–Crippen MR) is 68.0 cm³/mol. The van der Waals surface area contributed by atoms with Crippen molar-refractivity contribution in [1.29, 1.82) is 0 Å². The van der Waals surface area contributed by atoms with Crippen molar-refractivity contribution in [3.63, 3.8) is 0 Å². The van der Waals surface area contributed by atoms with Gasteiger partial charge >= 0.3 is 5.97 Å². The summed E-state index contributed by atoms with van der Waals surface area (Å²) in [5.74, 6) is -0.516. The predicted octanol–water partition coefficient (Wildman–Crippen LogP) is 0.580. The quantitative estimate of drug-likeness (QED) is 0.622. The molecular weight excluding hydrogens is 240 g/mol. The number of nitrogens with two attached hydrogens (primary N) is 1. The number of aliphatic carboxylic acids is 1. The Labute approximate surface area is 106 Å². The van der Waals surface area contributed by atoms with E-state index in [2.05, 4.69) is 5.32 Å². The van der Waals surface area contributed by atoms with Gasteiger partial charge in [-0.3, -0.25) is 4.79 Å². The molecule has 1 rings (SSSR count). The molecule has 1 aliphatic carbocycles. The lowest BCUT2D eigenvalue weighted by atomic mass is 9.75. The molecule has 1 fully saturated rings. The third kappa shape index (κ3) is 4.55. The van der Waals surface area contributed by atoms with Crippen LogP contribution in [0.3, 0.4) is 0 Å². The van der Waals surface area contributed by atoms with Crippen LogP contribution >= 0.6 is 11.8 Å². The van der Waals surface area contributed by atoms with Crippen molar-refractivity contribution in [2.75, 3.05) is 12.0 Å². The van der Waals surface area contributed by atoms with Crippen LogP contribution in [0.15, 0.2) is 0 Å². The summed E-state index contributed by atoms with van der Waals surface area (Å²) in [6, 6.07) is -0.793. The fraction of sp³-hybridized carbons (Fsp3) is 0.818. The fourth-order valence-electron chi connectivity index (χ4n) is 1.87. The molecule has 0 bridgehead atoms. The van der Waals surface area contributed by atoms with Crippen molar-refractivity contribution < 1.29 is 14.7 Å². The van der Waals surface area contributed by atoms with E-state index >= 15 is 0 Å². The fourth-order valence-corrected chi connectivity index (χ4v) is 2.34. The maximum atomic E-state index is 11.7. The number of carbonyl (C=O) groups is 2. The van der Waals surface area contributed by atoms with E-state index in [-0.39, 0.29) is 12.3 Å². The number of hydrogen-bond donors (Lipinski definition) is 3. The number of nitrogens with one attached hydrogen (secondary N) is 1. The molecule has 0 aromatic heterocycles. The van der Waals surface area contributed by atoms with Crippen molar-refractivity contribution >= 4 is 23.6 Å². The highest BCUT2D eigenvalue weighted by Crippen LogP contribution is 2.31. The van der Waals surface area contributed by atoms with E-state index in [4.69, 9.17) is 10.8 Å². The minimum atomic E-state index is -0.980. The van der Waals surface area contributed by atoms with E-state index < -0.39 is 17.6 Å². The van der Waals surface area contributed by atoms with E-state index in [1.165, 1.54) is 0 Å². The van der Waals surface area contributed by atoms with Gasteiger partial charge in [0.15, 0.2) is 0 Å². The second kappa shape index (κ2) is 6.26. The number of carboxylic acid groups (broad SMARTS) is 1.